The van der Waals surface area contributed by atoms with Crippen LogP contribution < -0.4 is 5.32 Å². The molecule has 2 rings (SSSR count). The van der Waals surface area contributed by atoms with Gasteiger partial charge in [0.2, 0.25) is 5.91 Å². The van der Waals surface area contributed by atoms with Crippen LogP contribution in [0.3, 0.4) is 0 Å². The van der Waals surface area contributed by atoms with Gasteiger partial charge >= 0.3 is 0 Å². The fraction of sp³-hybridized carbons (Fsp3) is 0.938. The smallest absolute Gasteiger partial charge is 0.220 e. The van der Waals surface area contributed by atoms with Crippen molar-refractivity contribution < 1.29 is 4.79 Å². The Bertz CT molecular complexity index is 274. The Morgan fingerprint density at radius 3 is 2.58 bits per heavy atom. The van der Waals surface area contributed by atoms with Gasteiger partial charge in [0.1, 0.15) is 0 Å². The molecule has 0 aromatic rings. The Balaban J connectivity index is 1.51. The van der Waals surface area contributed by atoms with E-state index >= 15 is 0 Å². The van der Waals surface area contributed by atoms with Crippen molar-refractivity contribution in [3.8, 4) is 0 Å². The van der Waals surface area contributed by atoms with Crippen molar-refractivity contribution >= 4 is 5.91 Å². The van der Waals surface area contributed by atoms with E-state index in [1.54, 1.807) is 0 Å². The highest BCUT2D eigenvalue weighted by Crippen LogP contribution is 2.28. The van der Waals surface area contributed by atoms with Gasteiger partial charge < -0.3 is 10.2 Å². The van der Waals surface area contributed by atoms with Crippen LogP contribution in [-0.2, 0) is 4.79 Å². The Kier molecular flexibility index (Phi) is 6.15. The standard InChI is InChI=1S/C16H30N2O/c1-18-12-4-7-15(13-18)10-11-17-16(19)9-8-14-5-2-3-6-14/h14-15H,2-13H2,1H3,(H,17,19). The Morgan fingerprint density at radius 2 is 1.84 bits per heavy atom. The zero-order valence-electron chi connectivity index (χ0n) is 12.5. The predicted molar refractivity (Wildman–Crippen MR) is 79.0 cm³/mol. The molecule has 1 amide bonds. The minimum absolute atomic E-state index is 0.274. The largest absolute Gasteiger partial charge is 0.356 e. The number of carbonyl (C=O) groups is 1. The summed E-state index contributed by atoms with van der Waals surface area (Å²) in [7, 11) is 2.20. The number of rotatable bonds is 6. The van der Waals surface area contributed by atoms with E-state index in [9.17, 15) is 4.79 Å². The van der Waals surface area contributed by atoms with Crippen LogP contribution in [0.25, 0.3) is 0 Å². The number of hydrogen-bond acceptors (Lipinski definition) is 2. The minimum atomic E-state index is 0.274. The van der Waals surface area contributed by atoms with Gasteiger partial charge in [0.05, 0.1) is 0 Å². The maximum atomic E-state index is 11.8. The molecular weight excluding hydrogens is 236 g/mol. The van der Waals surface area contributed by atoms with E-state index in [4.69, 9.17) is 0 Å². The topological polar surface area (TPSA) is 32.3 Å². The normalized spacial score (nSPS) is 25.6. The first kappa shape index (κ1) is 14.8. The van der Waals surface area contributed by atoms with Crippen molar-refractivity contribution in [3.05, 3.63) is 0 Å². The SMILES string of the molecule is CN1CCCC(CCNC(=O)CCC2CCCC2)C1. The molecular formula is C16H30N2O. The van der Waals surface area contributed by atoms with Gasteiger partial charge in [-0.25, -0.2) is 0 Å². The summed E-state index contributed by atoms with van der Waals surface area (Å²) in [6, 6.07) is 0. The van der Waals surface area contributed by atoms with Crippen molar-refractivity contribution in [2.75, 3.05) is 26.7 Å². The highest BCUT2D eigenvalue weighted by Gasteiger charge is 2.18. The fourth-order valence-corrected chi connectivity index (χ4v) is 3.65. The predicted octanol–water partition coefficient (Wildman–Crippen LogP) is 2.80. The molecule has 3 heteroatoms. The van der Waals surface area contributed by atoms with Crippen LogP contribution in [0, 0.1) is 11.8 Å². The third kappa shape index (κ3) is 5.52. The average molecular weight is 266 g/mol. The van der Waals surface area contributed by atoms with Crippen LogP contribution in [-0.4, -0.2) is 37.5 Å². The highest BCUT2D eigenvalue weighted by atomic mass is 16.1. The molecule has 1 saturated heterocycles. The van der Waals surface area contributed by atoms with E-state index in [1.807, 2.05) is 0 Å². The fourth-order valence-electron chi connectivity index (χ4n) is 3.65. The van der Waals surface area contributed by atoms with E-state index in [2.05, 4.69) is 17.3 Å². The molecule has 0 aromatic carbocycles. The van der Waals surface area contributed by atoms with Crippen molar-refractivity contribution in [1.82, 2.24) is 10.2 Å². The molecule has 110 valence electrons. The van der Waals surface area contributed by atoms with E-state index in [-0.39, 0.29) is 5.91 Å². The summed E-state index contributed by atoms with van der Waals surface area (Å²) < 4.78 is 0. The zero-order valence-corrected chi connectivity index (χ0v) is 12.5. The zero-order chi connectivity index (χ0) is 13.5. The molecule has 0 radical (unpaired) electrons. The monoisotopic (exact) mass is 266 g/mol. The molecule has 1 heterocycles. The molecule has 2 fully saturated rings. The molecule has 1 unspecified atom stereocenters. The molecule has 0 spiro atoms. The van der Waals surface area contributed by atoms with Crippen molar-refractivity contribution in [2.45, 2.75) is 57.8 Å². The second-order valence-electron chi connectivity index (χ2n) is 6.60. The third-order valence-electron chi connectivity index (χ3n) is 4.85. The van der Waals surface area contributed by atoms with E-state index in [1.165, 1.54) is 51.6 Å². The second-order valence-corrected chi connectivity index (χ2v) is 6.60. The molecule has 19 heavy (non-hydrogen) atoms. The first-order valence-electron chi connectivity index (χ1n) is 8.19. The summed E-state index contributed by atoms with van der Waals surface area (Å²) in [5.74, 6) is 1.89. The van der Waals surface area contributed by atoms with Gasteiger partial charge in [0, 0.05) is 19.5 Å². The summed E-state index contributed by atoms with van der Waals surface area (Å²) in [6.45, 7) is 3.32. The average Bonchev–Trinajstić information content (AvgIpc) is 2.89. The number of piperidine rings is 1. The molecule has 1 aliphatic heterocycles. The van der Waals surface area contributed by atoms with Crippen molar-refractivity contribution in [3.63, 3.8) is 0 Å². The first-order valence-corrected chi connectivity index (χ1v) is 8.19. The van der Waals surface area contributed by atoms with Gasteiger partial charge in [0.25, 0.3) is 0 Å². The van der Waals surface area contributed by atoms with Crippen LogP contribution in [0.4, 0.5) is 0 Å². The van der Waals surface area contributed by atoms with Gasteiger partial charge in [0.15, 0.2) is 0 Å². The van der Waals surface area contributed by atoms with Gasteiger partial charge in [-0.2, -0.15) is 0 Å². The Labute approximate surface area is 118 Å². The maximum absolute atomic E-state index is 11.8. The number of carbonyl (C=O) groups excluding carboxylic acids is 1. The summed E-state index contributed by atoms with van der Waals surface area (Å²) in [5, 5.41) is 3.11. The van der Waals surface area contributed by atoms with Gasteiger partial charge in [-0.1, -0.05) is 25.7 Å². The van der Waals surface area contributed by atoms with E-state index in [0.29, 0.717) is 0 Å². The number of nitrogens with zero attached hydrogens (tertiary/aromatic N) is 1. The minimum Gasteiger partial charge on any atom is -0.356 e. The lowest BCUT2D eigenvalue weighted by molar-refractivity contribution is -0.121. The van der Waals surface area contributed by atoms with E-state index in [0.717, 1.165) is 37.6 Å². The summed E-state index contributed by atoms with van der Waals surface area (Å²) in [4.78, 5) is 14.2. The first-order chi connectivity index (χ1) is 9.24. The number of nitrogens with one attached hydrogen (secondary N) is 1. The van der Waals surface area contributed by atoms with Crippen LogP contribution in [0.5, 0.6) is 0 Å². The number of amides is 1. The summed E-state index contributed by atoms with van der Waals surface area (Å²) >= 11 is 0. The van der Waals surface area contributed by atoms with Gasteiger partial charge in [-0.05, 0) is 51.1 Å². The highest BCUT2D eigenvalue weighted by molar-refractivity contribution is 5.75. The van der Waals surface area contributed by atoms with Crippen LogP contribution in [0.15, 0.2) is 0 Å². The van der Waals surface area contributed by atoms with E-state index < -0.39 is 0 Å². The molecule has 1 saturated carbocycles. The number of hydrogen-bond donors (Lipinski definition) is 1. The third-order valence-corrected chi connectivity index (χ3v) is 4.85. The molecule has 0 bridgehead atoms. The lowest BCUT2D eigenvalue weighted by atomic mass is 9.95. The Hall–Kier alpha value is -0.570. The van der Waals surface area contributed by atoms with Crippen molar-refractivity contribution in [2.24, 2.45) is 11.8 Å². The van der Waals surface area contributed by atoms with Crippen LogP contribution in [0.2, 0.25) is 0 Å². The lowest BCUT2D eigenvalue weighted by Gasteiger charge is -2.29. The van der Waals surface area contributed by atoms with Gasteiger partial charge in [-0.3, -0.25) is 4.79 Å². The van der Waals surface area contributed by atoms with Crippen LogP contribution in [0.1, 0.15) is 57.8 Å². The number of likely N-dealkylation sites (tertiary alicyclic amines) is 1. The van der Waals surface area contributed by atoms with Crippen LogP contribution >= 0.6 is 0 Å². The molecule has 0 aromatic heterocycles. The lowest BCUT2D eigenvalue weighted by Crippen LogP contribution is -2.34. The molecule has 1 atom stereocenters. The summed E-state index contributed by atoms with van der Waals surface area (Å²) in [5.41, 5.74) is 0. The quantitative estimate of drug-likeness (QED) is 0.802. The molecule has 1 N–H and O–H groups in total. The molecule has 1 aliphatic carbocycles. The Morgan fingerprint density at radius 1 is 1.11 bits per heavy atom. The maximum Gasteiger partial charge on any atom is 0.220 e. The second kappa shape index (κ2) is 7.88. The summed E-state index contributed by atoms with van der Waals surface area (Å²) in [6.07, 6.45) is 11.1. The van der Waals surface area contributed by atoms with Crippen molar-refractivity contribution in [1.29, 1.82) is 0 Å². The van der Waals surface area contributed by atoms with Gasteiger partial charge in [-0.15, -0.1) is 0 Å². The molecule has 3 nitrogen and oxygen atoms in total. The molecule has 2 aliphatic rings.